The number of carbonyl (C=O) groups excluding carboxylic acids is 1. The Kier molecular flexibility index (Phi) is 5.22. The zero-order valence-corrected chi connectivity index (χ0v) is 12.6. The van der Waals surface area contributed by atoms with Crippen LogP contribution in [0.1, 0.15) is 65.7 Å². The van der Waals surface area contributed by atoms with Crippen LogP contribution in [0.2, 0.25) is 0 Å². The van der Waals surface area contributed by atoms with E-state index in [9.17, 15) is 4.79 Å². The molecular formula is C15H29N3O. The summed E-state index contributed by atoms with van der Waals surface area (Å²) in [5.41, 5.74) is 3.41. The van der Waals surface area contributed by atoms with Crippen LogP contribution in [-0.2, 0) is 4.79 Å². The largest absolute Gasteiger partial charge is 0.352 e. The van der Waals surface area contributed by atoms with Gasteiger partial charge in [0.1, 0.15) is 0 Å². The number of rotatable bonds is 4. The van der Waals surface area contributed by atoms with Crippen molar-refractivity contribution < 1.29 is 4.79 Å². The number of hydrogen-bond donors (Lipinski definition) is 2. The second-order valence-corrected chi connectivity index (χ2v) is 6.38. The van der Waals surface area contributed by atoms with Crippen LogP contribution in [0.25, 0.3) is 0 Å². The summed E-state index contributed by atoms with van der Waals surface area (Å²) in [5, 5.41) is 5.45. The summed E-state index contributed by atoms with van der Waals surface area (Å²) < 4.78 is 0. The number of piperidine rings is 1. The molecule has 2 aliphatic rings. The summed E-state index contributed by atoms with van der Waals surface area (Å²) in [6, 6.07) is 1.31. The monoisotopic (exact) mass is 267 g/mol. The van der Waals surface area contributed by atoms with Gasteiger partial charge in [-0.05, 0) is 46.5 Å². The number of nitrogens with zero attached hydrogens (tertiary/aromatic N) is 1. The van der Waals surface area contributed by atoms with E-state index >= 15 is 0 Å². The van der Waals surface area contributed by atoms with E-state index in [4.69, 9.17) is 0 Å². The first-order valence-electron chi connectivity index (χ1n) is 7.93. The van der Waals surface area contributed by atoms with Crippen molar-refractivity contribution in [2.45, 2.75) is 89.9 Å². The van der Waals surface area contributed by atoms with Gasteiger partial charge in [-0.1, -0.05) is 19.3 Å². The average Bonchev–Trinajstić information content (AvgIpc) is 2.86. The van der Waals surface area contributed by atoms with E-state index in [2.05, 4.69) is 29.6 Å². The highest BCUT2D eigenvalue weighted by Crippen LogP contribution is 2.21. The Morgan fingerprint density at radius 3 is 2.21 bits per heavy atom. The van der Waals surface area contributed by atoms with Crippen LogP contribution in [0.5, 0.6) is 0 Å². The second kappa shape index (κ2) is 6.71. The Balaban J connectivity index is 1.81. The number of hydrogen-bond acceptors (Lipinski definition) is 3. The highest BCUT2D eigenvalue weighted by molar-refractivity contribution is 5.81. The quantitative estimate of drug-likeness (QED) is 0.821. The molecule has 4 nitrogen and oxygen atoms in total. The van der Waals surface area contributed by atoms with Crippen molar-refractivity contribution in [2.24, 2.45) is 0 Å². The van der Waals surface area contributed by atoms with E-state index in [1.807, 2.05) is 6.92 Å². The van der Waals surface area contributed by atoms with Crippen molar-refractivity contribution in [1.82, 2.24) is 15.8 Å². The van der Waals surface area contributed by atoms with Crippen LogP contribution in [0.3, 0.4) is 0 Å². The molecule has 1 saturated carbocycles. The number of nitrogens with one attached hydrogen (secondary N) is 2. The van der Waals surface area contributed by atoms with Gasteiger partial charge in [-0.25, -0.2) is 10.4 Å². The molecule has 2 rings (SSSR count). The van der Waals surface area contributed by atoms with Crippen molar-refractivity contribution >= 4 is 5.91 Å². The van der Waals surface area contributed by atoms with Gasteiger partial charge in [0.2, 0.25) is 5.91 Å². The van der Waals surface area contributed by atoms with Gasteiger partial charge >= 0.3 is 0 Å². The highest BCUT2D eigenvalue weighted by Gasteiger charge is 2.28. The fourth-order valence-corrected chi connectivity index (χ4v) is 3.35. The van der Waals surface area contributed by atoms with Crippen molar-refractivity contribution in [3.05, 3.63) is 0 Å². The molecule has 1 aliphatic carbocycles. The minimum Gasteiger partial charge on any atom is -0.352 e. The Bertz CT molecular complexity index is 292. The predicted molar refractivity (Wildman–Crippen MR) is 77.6 cm³/mol. The highest BCUT2D eigenvalue weighted by atomic mass is 16.2. The van der Waals surface area contributed by atoms with Gasteiger partial charge in [-0.15, -0.1) is 0 Å². The zero-order chi connectivity index (χ0) is 13.8. The second-order valence-electron chi connectivity index (χ2n) is 6.38. The lowest BCUT2D eigenvalue weighted by Crippen LogP contribution is -2.58. The smallest absolute Gasteiger partial charge is 0.238 e. The van der Waals surface area contributed by atoms with Crippen LogP contribution in [-0.4, -0.2) is 35.1 Å². The van der Waals surface area contributed by atoms with Gasteiger partial charge < -0.3 is 5.32 Å². The van der Waals surface area contributed by atoms with Crippen LogP contribution in [0.4, 0.5) is 0 Å². The van der Waals surface area contributed by atoms with Gasteiger partial charge in [0.25, 0.3) is 0 Å². The van der Waals surface area contributed by atoms with Crippen molar-refractivity contribution in [3.63, 3.8) is 0 Å². The van der Waals surface area contributed by atoms with Gasteiger partial charge in [-0.3, -0.25) is 4.79 Å². The van der Waals surface area contributed by atoms with Crippen LogP contribution in [0.15, 0.2) is 0 Å². The maximum Gasteiger partial charge on any atom is 0.238 e. The van der Waals surface area contributed by atoms with Gasteiger partial charge in [0.05, 0.1) is 6.04 Å². The van der Waals surface area contributed by atoms with Crippen LogP contribution in [0, 0.1) is 0 Å². The molecule has 1 heterocycles. The first kappa shape index (κ1) is 14.8. The molecule has 0 aromatic carbocycles. The first-order valence-corrected chi connectivity index (χ1v) is 7.93. The molecule has 1 saturated heterocycles. The SMILES string of the molecule is CC(NN1C(C)CCCC1C)C(=O)NC1CCCC1. The minimum atomic E-state index is -0.136. The molecule has 0 radical (unpaired) electrons. The van der Waals surface area contributed by atoms with Gasteiger partial charge in [-0.2, -0.15) is 0 Å². The van der Waals surface area contributed by atoms with Gasteiger partial charge in [0.15, 0.2) is 0 Å². The molecule has 19 heavy (non-hydrogen) atoms. The Morgan fingerprint density at radius 2 is 1.63 bits per heavy atom. The van der Waals surface area contributed by atoms with E-state index in [0.717, 1.165) is 12.8 Å². The van der Waals surface area contributed by atoms with Crippen LogP contribution >= 0.6 is 0 Å². The van der Waals surface area contributed by atoms with Crippen LogP contribution < -0.4 is 10.7 Å². The Hall–Kier alpha value is -0.610. The molecule has 0 spiro atoms. The Labute approximate surface area is 117 Å². The minimum absolute atomic E-state index is 0.136. The van der Waals surface area contributed by atoms with Gasteiger partial charge in [0, 0.05) is 18.1 Å². The molecule has 0 bridgehead atoms. The summed E-state index contributed by atoms with van der Waals surface area (Å²) in [6.45, 7) is 6.45. The molecule has 0 aromatic heterocycles. The maximum atomic E-state index is 12.2. The molecule has 110 valence electrons. The lowest BCUT2D eigenvalue weighted by molar-refractivity contribution is -0.125. The average molecular weight is 267 g/mol. The third kappa shape index (κ3) is 3.93. The third-order valence-electron chi connectivity index (χ3n) is 4.63. The number of carbonyl (C=O) groups is 1. The standard InChI is InChI=1S/C15H29N3O/c1-11-7-6-8-12(2)18(11)17-13(3)15(19)16-14-9-4-5-10-14/h11-14,17H,4-10H2,1-3H3,(H,16,19). The molecule has 0 aromatic rings. The maximum absolute atomic E-state index is 12.2. The van der Waals surface area contributed by atoms with Crippen molar-refractivity contribution in [3.8, 4) is 0 Å². The predicted octanol–water partition coefficient (Wildman–Crippen LogP) is 2.20. The number of hydrazine groups is 1. The molecular weight excluding hydrogens is 238 g/mol. The molecule has 1 amide bonds. The molecule has 3 unspecified atom stereocenters. The zero-order valence-electron chi connectivity index (χ0n) is 12.6. The summed E-state index contributed by atoms with van der Waals surface area (Å²) in [7, 11) is 0. The van der Waals surface area contributed by atoms with E-state index in [-0.39, 0.29) is 11.9 Å². The van der Waals surface area contributed by atoms with Crippen molar-refractivity contribution in [2.75, 3.05) is 0 Å². The molecule has 2 N–H and O–H groups in total. The summed E-state index contributed by atoms with van der Waals surface area (Å²) in [6.07, 6.45) is 8.54. The fourth-order valence-electron chi connectivity index (χ4n) is 3.35. The Morgan fingerprint density at radius 1 is 1.05 bits per heavy atom. The van der Waals surface area contributed by atoms with E-state index in [1.54, 1.807) is 0 Å². The molecule has 1 aliphatic heterocycles. The summed E-state index contributed by atoms with van der Waals surface area (Å²) in [4.78, 5) is 12.2. The normalized spacial score (nSPS) is 31.3. The summed E-state index contributed by atoms with van der Waals surface area (Å²) in [5.74, 6) is 0.150. The molecule has 2 fully saturated rings. The number of amides is 1. The molecule has 3 atom stereocenters. The lowest BCUT2D eigenvalue weighted by atomic mass is 10.00. The topological polar surface area (TPSA) is 44.4 Å². The third-order valence-corrected chi connectivity index (χ3v) is 4.63. The van der Waals surface area contributed by atoms with E-state index in [0.29, 0.717) is 18.1 Å². The molecule has 4 heteroatoms. The first-order chi connectivity index (χ1) is 9.08. The lowest BCUT2D eigenvalue weighted by Gasteiger charge is -2.40. The van der Waals surface area contributed by atoms with Crippen molar-refractivity contribution in [1.29, 1.82) is 0 Å². The fraction of sp³-hybridized carbons (Fsp3) is 0.933. The van der Waals surface area contributed by atoms with E-state index in [1.165, 1.54) is 32.1 Å². The summed E-state index contributed by atoms with van der Waals surface area (Å²) >= 11 is 0. The van der Waals surface area contributed by atoms with E-state index < -0.39 is 0 Å².